The Bertz CT molecular complexity index is 758. The maximum Gasteiger partial charge on any atom is 0.416 e. The number of alkyl halides is 6. The van der Waals surface area contributed by atoms with Gasteiger partial charge in [0.1, 0.15) is 5.75 Å². The SMILES string of the molecule is CC(=O)c1ccc(O)c(-c2cc(C(F)(F)F)cc(C(F)(F)F)c2)c1. The molecule has 0 spiro atoms. The van der Waals surface area contributed by atoms with E-state index in [9.17, 15) is 36.2 Å². The van der Waals surface area contributed by atoms with Crippen molar-refractivity contribution in [2.24, 2.45) is 0 Å². The molecule has 2 rings (SSSR count). The summed E-state index contributed by atoms with van der Waals surface area (Å²) in [5, 5.41) is 9.78. The summed E-state index contributed by atoms with van der Waals surface area (Å²) in [6, 6.07) is 4.30. The first-order chi connectivity index (χ1) is 10.9. The van der Waals surface area contributed by atoms with Gasteiger partial charge in [-0.25, -0.2) is 0 Å². The van der Waals surface area contributed by atoms with Gasteiger partial charge in [0, 0.05) is 11.1 Å². The van der Waals surface area contributed by atoms with Crippen molar-refractivity contribution < 1.29 is 36.2 Å². The van der Waals surface area contributed by atoms with Crippen LogP contribution in [0.3, 0.4) is 0 Å². The van der Waals surface area contributed by atoms with Crippen LogP contribution in [0.5, 0.6) is 5.75 Å². The molecule has 0 aliphatic heterocycles. The first kappa shape index (κ1) is 17.8. The average molecular weight is 348 g/mol. The summed E-state index contributed by atoms with van der Waals surface area (Å²) < 4.78 is 77.3. The molecule has 2 aromatic rings. The highest BCUT2D eigenvalue weighted by molar-refractivity contribution is 5.96. The molecule has 0 saturated carbocycles. The second-order valence-corrected chi connectivity index (χ2v) is 5.08. The van der Waals surface area contributed by atoms with Crippen LogP contribution in [0.1, 0.15) is 28.4 Å². The minimum absolute atomic E-state index is 0.00459. The van der Waals surface area contributed by atoms with E-state index in [1.807, 2.05) is 0 Å². The minimum Gasteiger partial charge on any atom is -0.507 e. The fourth-order valence-corrected chi connectivity index (χ4v) is 2.10. The number of carbonyl (C=O) groups is 1. The second-order valence-electron chi connectivity index (χ2n) is 5.08. The number of phenols is 1. The number of hydrogen-bond donors (Lipinski definition) is 1. The van der Waals surface area contributed by atoms with Gasteiger partial charge < -0.3 is 5.11 Å². The monoisotopic (exact) mass is 348 g/mol. The lowest BCUT2D eigenvalue weighted by Gasteiger charge is -2.15. The number of aromatic hydroxyl groups is 1. The Kier molecular flexibility index (Phi) is 4.34. The van der Waals surface area contributed by atoms with Gasteiger partial charge in [-0.05, 0) is 48.9 Å². The van der Waals surface area contributed by atoms with Crippen molar-refractivity contribution in [3.63, 3.8) is 0 Å². The van der Waals surface area contributed by atoms with Crippen LogP contribution in [0, 0.1) is 0 Å². The molecule has 0 aliphatic rings. The quantitative estimate of drug-likeness (QED) is 0.591. The standard InChI is InChI=1S/C16H10F6O2/c1-8(23)9-2-3-14(24)13(6-9)10-4-11(15(17,18)19)7-12(5-10)16(20,21)22/h2-7,24H,1H3. The van der Waals surface area contributed by atoms with Gasteiger partial charge in [-0.15, -0.1) is 0 Å². The average Bonchev–Trinajstić information content (AvgIpc) is 2.45. The van der Waals surface area contributed by atoms with E-state index in [0.717, 1.165) is 12.1 Å². The van der Waals surface area contributed by atoms with Gasteiger partial charge in [-0.1, -0.05) is 0 Å². The van der Waals surface area contributed by atoms with Crippen LogP contribution in [0.25, 0.3) is 11.1 Å². The van der Waals surface area contributed by atoms with Crippen molar-refractivity contribution in [1.29, 1.82) is 0 Å². The predicted octanol–water partition coefficient (Wildman–Crippen LogP) is 5.30. The van der Waals surface area contributed by atoms with E-state index in [1.54, 1.807) is 0 Å². The van der Waals surface area contributed by atoms with Crippen molar-refractivity contribution in [2.45, 2.75) is 19.3 Å². The Hall–Kier alpha value is -2.51. The van der Waals surface area contributed by atoms with Crippen molar-refractivity contribution in [3.8, 4) is 16.9 Å². The van der Waals surface area contributed by atoms with Crippen molar-refractivity contribution >= 4 is 5.78 Å². The first-order valence-electron chi connectivity index (χ1n) is 6.53. The molecule has 1 N–H and O–H groups in total. The summed E-state index contributed by atoms with van der Waals surface area (Å²) in [5.74, 6) is -0.980. The third kappa shape index (κ3) is 3.69. The van der Waals surface area contributed by atoms with Gasteiger partial charge >= 0.3 is 12.4 Å². The third-order valence-electron chi connectivity index (χ3n) is 3.30. The molecular weight excluding hydrogens is 338 g/mol. The zero-order valence-electron chi connectivity index (χ0n) is 12.1. The number of carbonyl (C=O) groups excluding carboxylic acids is 1. The van der Waals surface area contributed by atoms with Crippen LogP contribution in [-0.4, -0.2) is 10.9 Å². The maximum absolute atomic E-state index is 12.9. The van der Waals surface area contributed by atoms with Crippen LogP contribution in [0.2, 0.25) is 0 Å². The lowest BCUT2D eigenvalue weighted by Crippen LogP contribution is -2.11. The van der Waals surface area contributed by atoms with Crippen LogP contribution < -0.4 is 0 Å². The Morgan fingerprint density at radius 2 is 1.38 bits per heavy atom. The van der Waals surface area contributed by atoms with E-state index in [-0.39, 0.29) is 17.2 Å². The lowest BCUT2D eigenvalue weighted by molar-refractivity contribution is -0.143. The van der Waals surface area contributed by atoms with Crippen molar-refractivity contribution in [2.75, 3.05) is 0 Å². The molecule has 0 unspecified atom stereocenters. The number of Topliss-reactive ketones (excluding diaryl/α,β-unsaturated/α-hetero) is 1. The molecule has 8 heteroatoms. The number of hydrogen-bond acceptors (Lipinski definition) is 2. The van der Waals surface area contributed by atoms with Gasteiger partial charge in [0.05, 0.1) is 11.1 Å². The molecule has 0 saturated heterocycles. The molecule has 128 valence electrons. The second kappa shape index (κ2) is 5.85. The number of ketones is 1. The fraction of sp³-hybridized carbons (Fsp3) is 0.188. The highest BCUT2D eigenvalue weighted by Crippen LogP contribution is 2.40. The van der Waals surface area contributed by atoms with E-state index >= 15 is 0 Å². The van der Waals surface area contributed by atoms with E-state index < -0.39 is 40.6 Å². The van der Waals surface area contributed by atoms with Gasteiger partial charge in [0.2, 0.25) is 0 Å². The number of benzene rings is 2. The summed E-state index contributed by atoms with van der Waals surface area (Å²) in [6.45, 7) is 1.18. The summed E-state index contributed by atoms with van der Waals surface area (Å²) in [7, 11) is 0. The van der Waals surface area contributed by atoms with E-state index in [2.05, 4.69) is 0 Å². The molecular formula is C16H10F6O2. The van der Waals surface area contributed by atoms with Crippen LogP contribution >= 0.6 is 0 Å². The minimum atomic E-state index is -5.00. The van der Waals surface area contributed by atoms with E-state index in [1.165, 1.54) is 13.0 Å². The van der Waals surface area contributed by atoms with Gasteiger partial charge in [-0.2, -0.15) is 26.3 Å². The molecule has 0 amide bonds. The fourth-order valence-electron chi connectivity index (χ4n) is 2.10. The highest BCUT2D eigenvalue weighted by Gasteiger charge is 2.37. The molecule has 0 fully saturated rings. The molecule has 2 aromatic carbocycles. The Balaban J connectivity index is 2.75. The zero-order valence-corrected chi connectivity index (χ0v) is 12.1. The lowest BCUT2D eigenvalue weighted by atomic mass is 9.96. The molecule has 0 bridgehead atoms. The van der Waals surface area contributed by atoms with Crippen LogP contribution in [-0.2, 0) is 12.4 Å². The van der Waals surface area contributed by atoms with Crippen LogP contribution in [0.4, 0.5) is 26.3 Å². The zero-order chi connectivity index (χ0) is 18.3. The maximum atomic E-state index is 12.9. The summed E-state index contributed by atoms with van der Waals surface area (Å²) >= 11 is 0. The highest BCUT2D eigenvalue weighted by atomic mass is 19.4. The Morgan fingerprint density at radius 1 is 0.875 bits per heavy atom. The van der Waals surface area contributed by atoms with Gasteiger partial charge in [0.15, 0.2) is 5.78 Å². The van der Waals surface area contributed by atoms with Gasteiger partial charge in [0.25, 0.3) is 0 Å². The Labute approximate surface area is 132 Å². The predicted molar refractivity (Wildman–Crippen MR) is 73.6 cm³/mol. The van der Waals surface area contributed by atoms with E-state index in [0.29, 0.717) is 12.1 Å². The summed E-state index contributed by atoms with van der Waals surface area (Å²) in [6.07, 6.45) is -9.99. The van der Waals surface area contributed by atoms with Crippen molar-refractivity contribution in [1.82, 2.24) is 0 Å². The molecule has 24 heavy (non-hydrogen) atoms. The third-order valence-corrected chi connectivity index (χ3v) is 3.30. The molecule has 0 aliphatic carbocycles. The molecule has 2 nitrogen and oxygen atoms in total. The number of rotatable bonds is 2. The molecule has 0 aromatic heterocycles. The smallest absolute Gasteiger partial charge is 0.416 e. The normalized spacial score (nSPS) is 12.3. The Morgan fingerprint density at radius 3 is 1.79 bits per heavy atom. The molecule has 0 radical (unpaired) electrons. The first-order valence-corrected chi connectivity index (χ1v) is 6.53. The number of halogens is 6. The van der Waals surface area contributed by atoms with E-state index in [4.69, 9.17) is 0 Å². The topological polar surface area (TPSA) is 37.3 Å². The van der Waals surface area contributed by atoms with Crippen LogP contribution in [0.15, 0.2) is 36.4 Å². The summed E-state index contributed by atoms with van der Waals surface area (Å²) in [5.41, 5.74) is -3.73. The molecule has 0 atom stereocenters. The number of phenolic OH excluding ortho intramolecular Hbond substituents is 1. The molecule has 0 heterocycles. The van der Waals surface area contributed by atoms with Gasteiger partial charge in [-0.3, -0.25) is 4.79 Å². The summed E-state index contributed by atoms with van der Waals surface area (Å²) in [4.78, 5) is 11.4. The largest absolute Gasteiger partial charge is 0.507 e. The van der Waals surface area contributed by atoms with Crippen molar-refractivity contribution in [3.05, 3.63) is 53.1 Å².